The van der Waals surface area contributed by atoms with Crippen LogP contribution in [0.25, 0.3) is 0 Å². The number of benzene rings is 2. The molecule has 8 heteroatoms. The van der Waals surface area contributed by atoms with E-state index in [1.165, 1.54) is 18.2 Å². The smallest absolute Gasteiger partial charge is 0.186 e. The van der Waals surface area contributed by atoms with Gasteiger partial charge < -0.3 is 9.84 Å². The molecule has 2 aromatic carbocycles. The summed E-state index contributed by atoms with van der Waals surface area (Å²) in [4.78, 5) is 0. The van der Waals surface area contributed by atoms with Gasteiger partial charge in [0.25, 0.3) is 0 Å². The predicted octanol–water partition coefficient (Wildman–Crippen LogP) is 3.79. The molecule has 0 amide bonds. The van der Waals surface area contributed by atoms with E-state index >= 15 is 0 Å². The molecule has 2 N–H and O–H groups in total. The summed E-state index contributed by atoms with van der Waals surface area (Å²) in [6.45, 7) is 2.05. The van der Waals surface area contributed by atoms with E-state index in [0.717, 1.165) is 6.21 Å². The van der Waals surface area contributed by atoms with Crippen LogP contribution in [0.1, 0.15) is 12.5 Å². The maximum atomic E-state index is 13.4. The molecule has 0 saturated heterocycles. The molecule has 0 atom stereocenters. The van der Waals surface area contributed by atoms with Gasteiger partial charge in [0.05, 0.1) is 12.8 Å². The van der Waals surface area contributed by atoms with Gasteiger partial charge in [-0.05, 0) is 30.7 Å². The normalized spacial score (nSPS) is 11.0. The zero-order valence-electron chi connectivity index (χ0n) is 11.9. The number of hydrogen-bond acceptors (Lipinski definition) is 4. The second kappa shape index (κ2) is 6.99. The Morgan fingerprint density at radius 2 is 1.78 bits per heavy atom. The minimum atomic E-state index is -1.58. The van der Waals surface area contributed by atoms with Gasteiger partial charge in [-0.1, -0.05) is 0 Å². The quantitative estimate of drug-likeness (QED) is 0.380. The SMILES string of the molecule is CCOc1cc(/C=N/Nc2c(F)c(F)cc(F)c2F)ccc1O. The molecule has 0 saturated carbocycles. The van der Waals surface area contributed by atoms with E-state index in [1.54, 1.807) is 6.92 Å². The fourth-order valence-corrected chi connectivity index (χ4v) is 1.72. The monoisotopic (exact) mass is 328 g/mol. The first-order valence-corrected chi connectivity index (χ1v) is 6.52. The van der Waals surface area contributed by atoms with E-state index in [1.807, 2.05) is 5.43 Å². The number of ether oxygens (including phenoxy) is 1. The second-order valence-corrected chi connectivity index (χ2v) is 4.37. The number of hydrazone groups is 1. The molecule has 2 aromatic rings. The van der Waals surface area contributed by atoms with Gasteiger partial charge in [-0.15, -0.1) is 0 Å². The van der Waals surface area contributed by atoms with E-state index in [0.29, 0.717) is 12.2 Å². The lowest BCUT2D eigenvalue weighted by Gasteiger charge is -2.07. The molecule has 0 fully saturated rings. The van der Waals surface area contributed by atoms with Crippen LogP contribution in [0.4, 0.5) is 23.2 Å². The summed E-state index contributed by atoms with van der Waals surface area (Å²) in [6.07, 6.45) is 1.14. The summed E-state index contributed by atoms with van der Waals surface area (Å²) in [5.74, 6) is -6.12. The van der Waals surface area contributed by atoms with Gasteiger partial charge in [0, 0.05) is 6.07 Å². The number of phenolic OH excluding ortho intramolecular Hbond substituents is 1. The van der Waals surface area contributed by atoms with Crippen molar-refractivity contribution in [2.75, 3.05) is 12.0 Å². The van der Waals surface area contributed by atoms with Crippen molar-refractivity contribution in [2.24, 2.45) is 5.10 Å². The number of halogens is 4. The molecule has 0 aliphatic carbocycles. The number of aromatic hydroxyl groups is 1. The molecule has 0 bridgehead atoms. The first kappa shape index (κ1) is 16.6. The number of hydrogen-bond donors (Lipinski definition) is 2. The second-order valence-electron chi connectivity index (χ2n) is 4.37. The van der Waals surface area contributed by atoms with Gasteiger partial charge in [0.2, 0.25) is 0 Å². The summed E-state index contributed by atoms with van der Waals surface area (Å²) in [5.41, 5.74) is 1.30. The van der Waals surface area contributed by atoms with Crippen molar-refractivity contribution in [2.45, 2.75) is 6.92 Å². The molecule has 0 aliphatic rings. The van der Waals surface area contributed by atoms with E-state index < -0.39 is 29.0 Å². The van der Waals surface area contributed by atoms with Crippen LogP contribution in [0.2, 0.25) is 0 Å². The minimum Gasteiger partial charge on any atom is -0.504 e. The van der Waals surface area contributed by atoms with Gasteiger partial charge in [0.15, 0.2) is 34.8 Å². The standard InChI is InChI=1S/C15H12F4N2O2/c1-2-23-12-5-8(3-4-11(12)22)7-20-21-15-13(18)9(16)6-10(17)14(15)19/h3-7,21-22H,2H2,1H3/b20-7+. The number of rotatable bonds is 5. The fraction of sp³-hybridized carbons (Fsp3) is 0.133. The molecule has 23 heavy (non-hydrogen) atoms. The Bertz CT molecular complexity index is 724. The Morgan fingerprint density at radius 3 is 2.39 bits per heavy atom. The van der Waals surface area contributed by atoms with Gasteiger partial charge in [-0.2, -0.15) is 5.10 Å². The van der Waals surface area contributed by atoms with Crippen LogP contribution in [-0.4, -0.2) is 17.9 Å². The minimum absolute atomic E-state index is 0.0822. The van der Waals surface area contributed by atoms with E-state index in [4.69, 9.17) is 4.74 Å². The average molecular weight is 328 g/mol. The first-order valence-electron chi connectivity index (χ1n) is 6.52. The number of nitrogens with zero attached hydrogens (tertiary/aromatic N) is 1. The molecule has 0 aliphatic heterocycles. The summed E-state index contributed by atoms with van der Waals surface area (Å²) >= 11 is 0. The van der Waals surface area contributed by atoms with Crippen molar-refractivity contribution in [3.63, 3.8) is 0 Å². The predicted molar refractivity (Wildman–Crippen MR) is 76.8 cm³/mol. The molecule has 0 spiro atoms. The summed E-state index contributed by atoms with van der Waals surface area (Å²) in [7, 11) is 0. The van der Waals surface area contributed by atoms with Gasteiger partial charge in [-0.3, -0.25) is 5.43 Å². The lowest BCUT2D eigenvalue weighted by Crippen LogP contribution is -2.02. The third-order valence-corrected chi connectivity index (χ3v) is 2.79. The molecule has 0 unspecified atom stereocenters. The van der Waals surface area contributed by atoms with Crippen LogP contribution < -0.4 is 10.2 Å². The maximum Gasteiger partial charge on any atom is 0.186 e. The largest absolute Gasteiger partial charge is 0.504 e. The van der Waals surface area contributed by atoms with Crippen LogP contribution in [-0.2, 0) is 0 Å². The average Bonchev–Trinajstić information content (AvgIpc) is 2.52. The third-order valence-electron chi connectivity index (χ3n) is 2.79. The Hall–Kier alpha value is -2.77. The van der Waals surface area contributed by atoms with Crippen molar-refractivity contribution >= 4 is 11.9 Å². The van der Waals surface area contributed by atoms with E-state index in [9.17, 15) is 22.7 Å². The Kier molecular flexibility index (Phi) is 5.05. The zero-order valence-corrected chi connectivity index (χ0v) is 11.9. The Morgan fingerprint density at radius 1 is 1.13 bits per heavy atom. The molecule has 0 aromatic heterocycles. The zero-order chi connectivity index (χ0) is 17.0. The van der Waals surface area contributed by atoms with E-state index in [-0.39, 0.29) is 17.6 Å². The lowest BCUT2D eigenvalue weighted by atomic mass is 10.2. The summed E-state index contributed by atoms with van der Waals surface area (Å²) < 4.78 is 58.1. The van der Waals surface area contributed by atoms with Crippen LogP contribution >= 0.6 is 0 Å². The van der Waals surface area contributed by atoms with Crippen LogP contribution in [0.3, 0.4) is 0 Å². The van der Waals surface area contributed by atoms with Crippen molar-refractivity contribution in [3.8, 4) is 11.5 Å². The number of anilines is 1. The first-order chi connectivity index (χ1) is 10.9. The number of nitrogens with one attached hydrogen (secondary N) is 1. The Labute approximate surface area is 129 Å². The molecule has 0 heterocycles. The van der Waals surface area contributed by atoms with Gasteiger partial charge in [-0.25, -0.2) is 17.6 Å². The van der Waals surface area contributed by atoms with Crippen molar-refractivity contribution in [1.82, 2.24) is 0 Å². The van der Waals surface area contributed by atoms with Crippen molar-refractivity contribution in [3.05, 3.63) is 53.1 Å². The highest BCUT2D eigenvalue weighted by Crippen LogP contribution is 2.26. The molecule has 2 rings (SSSR count). The third kappa shape index (κ3) is 3.71. The highest BCUT2D eigenvalue weighted by atomic mass is 19.2. The molecule has 122 valence electrons. The van der Waals surface area contributed by atoms with Gasteiger partial charge >= 0.3 is 0 Å². The number of phenols is 1. The molecule has 0 radical (unpaired) electrons. The highest BCUT2D eigenvalue weighted by Gasteiger charge is 2.18. The lowest BCUT2D eigenvalue weighted by molar-refractivity contribution is 0.318. The van der Waals surface area contributed by atoms with E-state index in [2.05, 4.69) is 5.10 Å². The highest BCUT2D eigenvalue weighted by molar-refractivity contribution is 5.81. The molecular weight excluding hydrogens is 316 g/mol. The van der Waals surface area contributed by atoms with Gasteiger partial charge in [0.1, 0.15) is 5.69 Å². The van der Waals surface area contributed by atoms with Crippen LogP contribution in [0, 0.1) is 23.3 Å². The summed E-state index contributed by atoms with van der Waals surface area (Å²) in [5, 5.41) is 13.1. The Balaban J connectivity index is 2.21. The van der Waals surface area contributed by atoms with Crippen molar-refractivity contribution in [1.29, 1.82) is 0 Å². The molecular formula is C15H12F4N2O2. The fourth-order valence-electron chi connectivity index (χ4n) is 1.72. The van der Waals surface area contributed by atoms with Crippen LogP contribution in [0.5, 0.6) is 11.5 Å². The van der Waals surface area contributed by atoms with Crippen LogP contribution in [0.15, 0.2) is 29.4 Å². The van der Waals surface area contributed by atoms with Crippen molar-refractivity contribution < 1.29 is 27.4 Å². The maximum absolute atomic E-state index is 13.4. The molecule has 4 nitrogen and oxygen atoms in total. The topological polar surface area (TPSA) is 53.8 Å². The summed E-state index contributed by atoms with van der Waals surface area (Å²) in [6, 6.07) is 4.34.